The first kappa shape index (κ1) is 14.8. The van der Waals surface area contributed by atoms with Gasteiger partial charge in [0.1, 0.15) is 6.67 Å². The first-order valence-corrected chi connectivity index (χ1v) is 5.40. The summed E-state index contributed by atoms with van der Waals surface area (Å²) in [6.45, 7) is 1.72. The number of rotatable bonds is 4. The van der Waals surface area contributed by atoms with Crippen molar-refractivity contribution in [2.24, 2.45) is 0 Å². The molecule has 1 aromatic carbocycles. The Labute approximate surface area is 103 Å². The molecule has 1 aromatic rings. The molecule has 0 saturated carbocycles. The zero-order valence-electron chi connectivity index (χ0n) is 10.1. The summed E-state index contributed by atoms with van der Waals surface area (Å²) in [4.78, 5) is 0. The van der Waals surface area contributed by atoms with Crippen molar-refractivity contribution in [3.63, 3.8) is 0 Å². The van der Waals surface area contributed by atoms with E-state index in [1.165, 1.54) is 24.3 Å². The number of benzene rings is 1. The van der Waals surface area contributed by atoms with Gasteiger partial charge in [0.05, 0.1) is 6.04 Å². The molecule has 2 N–H and O–H groups in total. The van der Waals surface area contributed by atoms with Crippen molar-refractivity contribution in [3.05, 3.63) is 29.8 Å². The lowest BCUT2D eigenvalue weighted by molar-refractivity contribution is -0.258. The average molecular weight is 265 g/mol. The minimum absolute atomic E-state index is 0.256. The first-order valence-electron chi connectivity index (χ1n) is 5.40. The molecule has 0 spiro atoms. The van der Waals surface area contributed by atoms with Crippen LogP contribution in [-0.2, 0) is 5.60 Å². The Morgan fingerprint density at radius 2 is 1.72 bits per heavy atom. The molecule has 1 rings (SSSR count). The zero-order chi connectivity index (χ0) is 14.0. The van der Waals surface area contributed by atoms with Gasteiger partial charge in [0.25, 0.3) is 0 Å². The molecule has 18 heavy (non-hydrogen) atoms. The highest BCUT2D eigenvalue weighted by molar-refractivity contribution is 5.46. The highest BCUT2D eigenvalue weighted by Gasteiger charge is 2.51. The Hall–Kier alpha value is -1.30. The van der Waals surface area contributed by atoms with E-state index >= 15 is 0 Å². The van der Waals surface area contributed by atoms with Crippen LogP contribution in [0.1, 0.15) is 19.4 Å². The van der Waals surface area contributed by atoms with Gasteiger partial charge in [-0.15, -0.1) is 0 Å². The Morgan fingerprint density at radius 1 is 1.22 bits per heavy atom. The summed E-state index contributed by atoms with van der Waals surface area (Å²) < 4.78 is 50.0. The second kappa shape index (κ2) is 5.14. The van der Waals surface area contributed by atoms with Gasteiger partial charge >= 0.3 is 6.18 Å². The van der Waals surface area contributed by atoms with E-state index < -0.39 is 24.5 Å². The summed E-state index contributed by atoms with van der Waals surface area (Å²) in [6, 6.07) is 4.67. The molecule has 2 nitrogen and oxygen atoms in total. The molecule has 0 aliphatic rings. The Balaban J connectivity index is 2.89. The molecule has 0 radical (unpaired) electrons. The van der Waals surface area contributed by atoms with Crippen LogP contribution in [0.25, 0.3) is 0 Å². The van der Waals surface area contributed by atoms with E-state index in [1.54, 1.807) is 6.92 Å². The van der Waals surface area contributed by atoms with Crippen molar-refractivity contribution in [2.45, 2.75) is 31.7 Å². The highest BCUT2D eigenvalue weighted by Crippen LogP contribution is 2.38. The van der Waals surface area contributed by atoms with Gasteiger partial charge in [-0.3, -0.25) is 0 Å². The Bertz CT molecular complexity index is 386. The number of alkyl halides is 4. The van der Waals surface area contributed by atoms with Crippen molar-refractivity contribution >= 4 is 5.69 Å². The Morgan fingerprint density at radius 3 is 2.11 bits per heavy atom. The van der Waals surface area contributed by atoms with Gasteiger partial charge in [0.15, 0.2) is 5.60 Å². The second-order valence-corrected chi connectivity index (χ2v) is 4.35. The molecule has 0 bridgehead atoms. The summed E-state index contributed by atoms with van der Waals surface area (Å²) in [5.74, 6) is 0. The van der Waals surface area contributed by atoms with Gasteiger partial charge in [0.2, 0.25) is 0 Å². The first-order chi connectivity index (χ1) is 8.18. The number of halogens is 4. The maximum Gasteiger partial charge on any atom is 0.421 e. The lowest BCUT2D eigenvalue weighted by Gasteiger charge is -2.27. The van der Waals surface area contributed by atoms with Crippen LogP contribution in [-0.4, -0.2) is 24.0 Å². The third-order valence-electron chi connectivity index (χ3n) is 2.64. The van der Waals surface area contributed by atoms with Crippen molar-refractivity contribution in [2.75, 3.05) is 12.0 Å². The van der Waals surface area contributed by atoms with Crippen LogP contribution in [0.4, 0.5) is 23.2 Å². The van der Waals surface area contributed by atoms with Crippen molar-refractivity contribution in [3.8, 4) is 0 Å². The number of anilines is 1. The average Bonchev–Trinajstić information content (AvgIpc) is 2.28. The molecule has 0 aliphatic heterocycles. The van der Waals surface area contributed by atoms with E-state index in [1.807, 2.05) is 0 Å². The molecule has 0 aliphatic carbocycles. The molecule has 2 unspecified atom stereocenters. The quantitative estimate of drug-likeness (QED) is 0.819. The molecular weight excluding hydrogens is 250 g/mol. The van der Waals surface area contributed by atoms with Gasteiger partial charge in [-0.25, -0.2) is 4.39 Å². The van der Waals surface area contributed by atoms with Crippen molar-refractivity contribution < 1.29 is 22.7 Å². The standard InChI is InChI=1S/C12H15F4NO/c1-8(7-13)17-10-5-3-9(4-6-10)11(2,18)12(14,15)16/h3-6,8,17-18H,7H2,1-2H3. The predicted octanol–water partition coefficient (Wildman–Crippen LogP) is 3.23. The van der Waals surface area contributed by atoms with Crippen LogP contribution in [0, 0.1) is 0 Å². The third kappa shape index (κ3) is 3.13. The largest absolute Gasteiger partial charge is 0.421 e. The fraction of sp³-hybridized carbons (Fsp3) is 0.500. The molecule has 0 saturated heterocycles. The second-order valence-electron chi connectivity index (χ2n) is 4.35. The Kier molecular flexibility index (Phi) is 4.21. The van der Waals surface area contributed by atoms with Gasteiger partial charge in [-0.05, 0) is 31.5 Å². The summed E-state index contributed by atoms with van der Waals surface area (Å²) >= 11 is 0. The van der Waals surface area contributed by atoms with Crippen LogP contribution in [0.5, 0.6) is 0 Å². The summed E-state index contributed by atoms with van der Waals surface area (Å²) in [5, 5.41) is 12.2. The minimum Gasteiger partial charge on any atom is -0.380 e. The molecular formula is C12H15F4NO. The SMILES string of the molecule is CC(CF)Nc1ccc(C(C)(O)C(F)(F)F)cc1. The number of hydrogen-bond acceptors (Lipinski definition) is 2. The molecule has 0 amide bonds. The van der Waals surface area contributed by atoms with Crippen LogP contribution >= 0.6 is 0 Å². The maximum absolute atomic E-state index is 12.6. The van der Waals surface area contributed by atoms with E-state index in [-0.39, 0.29) is 5.56 Å². The van der Waals surface area contributed by atoms with Gasteiger partial charge in [-0.1, -0.05) is 12.1 Å². The molecule has 102 valence electrons. The fourth-order valence-corrected chi connectivity index (χ4v) is 1.38. The van der Waals surface area contributed by atoms with E-state index in [2.05, 4.69) is 5.32 Å². The normalized spacial score (nSPS) is 17.1. The van der Waals surface area contributed by atoms with Crippen LogP contribution in [0.15, 0.2) is 24.3 Å². The van der Waals surface area contributed by atoms with E-state index in [4.69, 9.17) is 0 Å². The van der Waals surface area contributed by atoms with E-state index in [0.717, 1.165) is 0 Å². The zero-order valence-corrected chi connectivity index (χ0v) is 10.1. The molecule has 0 fully saturated rings. The topological polar surface area (TPSA) is 32.3 Å². The van der Waals surface area contributed by atoms with Crippen molar-refractivity contribution in [1.29, 1.82) is 0 Å². The molecule has 0 heterocycles. The number of aliphatic hydroxyl groups is 1. The highest BCUT2D eigenvalue weighted by atomic mass is 19.4. The summed E-state index contributed by atoms with van der Waals surface area (Å²) in [6.07, 6.45) is -4.74. The summed E-state index contributed by atoms with van der Waals surface area (Å²) in [5.41, 5.74) is -2.65. The smallest absolute Gasteiger partial charge is 0.380 e. The fourth-order valence-electron chi connectivity index (χ4n) is 1.38. The van der Waals surface area contributed by atoms with Gasteiger partial charge in [-0.2, -0.15) is 13.2 Å². The summed E-state index contributed by atoms with van der Waals surface area (Å²) in [7, 11) is 0. The van der Waals surface area contributed by atoms with Crippen LogP contribution < -0.4 is 5.32 Å². The predicted molar refractivity (Wildman–Crippen MR) is 61.1 cm³/mol. The maximum atomic E-state index is 12.6. The van der Waals surface area contributed by atoms with E-state index in [0.29, 0.717) is 12.6 Å². The molecule has 6 heteroatoms. The monoisotopic (exact) mass is 265 g/mol. The van der Waals surface area contributed by atoms with Crippen LogP contribution in [0.3, 0.4) is 0 Å². The molecule has 0 aromatic heterocycles. The van der Waals surface area contributed by atoms with E-state index in [9.17, 15) is 22.7 Å². The lowest BCUT2D eigenvalue weighted by atomic mass is 9.95. The van der Waals surface area contributed by atoms with Gasteiger partial charge < -0.3 is 10.4 Å². The molecule has 2 atom stereocenters. The number of hydrogen-bond donors (Lipinski definition) is 2. The van der Waals surface area contributed by atoms with Crippen LogP contribution in [0.2, 0.25) is 0 Å². The minimum atomic E-state index is -4.74. The number of nitrogens with one attached hydrogen (secondary N) is 1. The van der Waals surface area contributed by atoms with Crippen molar-refractivity contribution in [1.82, 2.24) is 0 Å². The van der Waals surface area contributed by atoms with Gasteiger partial charge in [0, 0.05) is 5.69 Å². The third-order valence-corrected chi connectivity index (χ3v) is 2.64. The lowest BCUT2D eigenvalue weighted by Crippen LogP contribution is -2.39.